The fraction of sp³-hybridized carbons (Fsp3) is 0.800. The molecule has 4 aliphatic carbocycles. The highest BCUT2D eigenvalue weighted by Crippen LogP contribution is 2.72. The molecule has 0 spiro atoms. The van der Waals surface area contributed by atoms with Crippen molar-refractivity contribution in [2.24, 2.45) is 45.3 Å². The molecule has 9 unspecified atom stereocenters. The summed E-state index contributed by atoms with van der Waals surface area (Å²) in [5.41, 5.74) is 0.655. The Kier molecular flexibility index (Phi) is 5.96. The summed E-state index contributed by atoms with van der Waals surface area (Å²) in [6.45, 7) is 16.3. The normalized spacial score (nSPS) is 48.1. The molecule has 0 aromatic rings. The van der Waals surface area contributed by atoms with E-state index in [0.29, 0.717) is 24.4 Å². The van der Waals surface area contributed by atoms with Crippen molar-refractivity contribution in [3.05, 3.63) is 23.8 Å². The molecule has 5 nitrogen and oxygen atoms in total. The fourth-order valence-electron chi connectivity index (χ4n) is 9.61. The number of fused-ring (bicyclic) bond motifs is 5. The predicted octanol–water partition coefficient (Wildman–Crippen LogP) is 5.88. The van der Waals surface area contributed by atoms with Crippen LogP contribution in [0.5, 0.6) is 0 Å². The first-order valence-corrected chi connectivity index (χ1v) is 13.8. The van der Waals surface area contributed by atoms with E-state index in [0.717, 1.165) is 38.7 Å². The zero-order chi connectivity index (χ0) is 25.4. The lowest BCUT2D eigenvalue weighted by Crippen LogP contribution is -2.64. The van der Waals surface area contributed by atoms with Crippen molar-refractivity contribution in [2.75, 3.05) is 13.2 Å². The monoisotopic (exact) mass is 484 g/mol. The highest BCUT2D eigenvalue weighted by atomic mass is 16.7. The molecule has 5 heteroatoms. The average molecular weight is 485 g/mol. The molecule has 9 atom stereocenters. The number of carbonyl (C=O) groups is 2. The summed E-state index contributed by atoms with van der Waals surface area (Å²) in [6, 6.07) is 0. The van der Waals surface area contributed by atoms with Crippen molar-refractivity contribution < 1.29 is 23.8 Å². The second-order valence-electron chi connectivity index (χ2n) is 13.1. The van der Waals surface area contributed by atoms with Crippen LogP contribution in [0.2, 0.25) is 0 Å². The van der Waals surface area contributed by atoms with Gasteiger partial charge in [0.15, 0.2) is 12.1 Å². The zero-order valence-corrected chi connectivity index (χ0v) is 22.7. The quantitative estimate of drug-likeness (QED) is 0.368. The second kappa shape index (κ2) is 8.28. The first-order valence-electron chi connectivity index (χ1n) is 13.8. The summed E-state index contributed by atoms with van der Waals surface area (Å²) in [7, 11) is 0. The van der Waals surface area contributed by atoms with Gasteiger partial charge in [-0.05, 0) is 73.7 Å². The first-order chi connectivity index (χ1) is 16.4. The summed E-state index contributed by atoms with van der Waals surface area (Å²) in [4.78, 5) is 25.4. The first kappa shape index (κ1) is 25.2. The number of carbonyl (C=O) groups excluding carboxylic acids is 2. The van der Waals surface area contributed by atoms with Gasteiger partial charge >= 0.3 is 5.97 Å². The largest absolute Gasteiger partial charge is 0.462 e. The molecule has 3 fully saturated rings. The Balaban J connectivity index is 1.57. The maximum atomic E-state index is 13.0. The maximum absolute atomic E-state index is 13.0. The van der Waals surface area contributed by atoms with Crippen LogP contribution in [-0.2, 0) is 23.8 Å². The van der Waals surface area contributed by atoms with E-state index in [1.54, 1.807) is 0 Å². The Morgan fingerprint density at radius 1 is 1.14 bits per heavy atom. The number of esters is 1. The van der Waals surface area contributed by atoms with Gasteiger partial charge < -0.3 is 14.2 Å². The van der Waals surface area contributed by atoms with Crippen LogP contribution in [0.1, 0.15) is 80.6 Å². The second-order valence-corrected chi connectivity index (χ2v) is 13.1. The summed E-state index contributed by atoms with van der Waals surface area (Å²) >= 11 is 0. The van der Waals surface area contributed by atoms with E-state index in [1.165, 1.54) is 12.5 Å². The molecular formula is C30H44O5. The van der Waals surface area contributed by atoms with Crippen molar-refractivity contribution >= 4 is 11.8 Å². The van der Waals surface area contributed by atoms with Crippen LogP contribution < -0.4 is 0 Å². The zero-order valence-electron chi connectivity index (χ0n) is 22.7. The molecule has 194 valence electrons. The molecule has 2 saturated carbocycles. The minimum absolute atomic E-state index is 0.0320. The van der Waals surface area contributed by atoms with Gasteiger partial charge in [-0.15, -0.1) is 0 Å². The average Bonchev–Trinajstić information content (AvgIpc) is 3.37. The smallest absolute Gasteiger partial charge is 0.302 e. The minimum Gasteiger partial charge on any atom is -0.462 e. The molecule has 0 aromatic heterocycles. The van der Waals surface area contributed by atoms with Crippen molar-refractivity contribution in [3.63, 3.8) is 0 Å². The van der Waals surface area contributed by atoms with Gasteiger partial charge in [0.1, 0.15) is 6.10 Å². The number of hydrogen-bond donors (Lipinski definition) is 0. The predicted molar refractivity (Wildman–Crippen MR) is 134 cm³/mol. The number of ketones is 1. The third-order valence-electron chi connectivity index (χ3n) is 11.2. The van der Waals surface area contributed by atoms with Crippen LogP contribution in [-0.4, -0.2) is 37.4 Å². The van der Waals surface area contributed by atoms with E-state index >= 15 is 0 Å². The van der Waals surface area contributed by atoms with Crippen molar-refractivity contribution in [2.45, 2.75) is 93.0 Å². The van der Waals surface area contributed by atoms with E-state index in [2.05, 4.69) is 46.8 Å². The Morgan fingerprint density at radius 3 is 2.57 bits per heavy atom. The Labute approximate surface area is 211 Å². The fourth-order valence-corrected chi connectivity index (χ4v) is 9.61. The molecule has 0 N–H and O–H groups in total. The highest BCUT2D eigenvalue weighted by Gasteiger charge is 2.69. The van der Waals surface area contributed by atoms with Gasteiger partial charge in [0.25, 0.3) is 0 Å². The standard InChI is InChI=1S/C30H44O5/c1-8-33-26-19(13-16-34-26)20-9-10-21-28(20,5)14-11-22-29(6)15-12-24(32)27(3,4)23(29)17-25(30(21,22)7)35-18(2)31/h10,12,15,19-20,22-23,25-26H,8-9,11,13-14,16-17H2,1-7H3. The van der Waals surface area contributed by atoms with Crippen molar-refractivity contribution in [1.29, 1.82) is 0 Å². The van der Waals surface area contributed by atoms with Gasteiger partial charge in [-0.1, -0.05) is 52.3 Å². The summed E-state index contributed by atoms with van der Waals surface area (Å²) < 4.78 is 18.2. The molecule has 0 bridgehead atoms. The molecule has 0 radical (unpaired) electrons. The maximum Gasteiger partial charge on any atom is 0.302 e. The molecule has 1 heterocycles. The Hall–Kier alpha value is -1.46. The van der Waals surface area contributed by atoms with Crippen molar-refractivity contribution in [3.8, 4) is 0 Å². The van der Waals surface area contributed by atoms with Crippen LogP contribution in [0.25, 0.3) is 0 Å². The van der Waals surface area contributed by atoms with Crippen LogP contribution in [0.3, 0.4) is 0 Å². The van der Waals surface area contributed by atoms with E-state index < -0.39 is 5.41 Å². The third-order valence-corrected chi connectivity index (χ3v) is 11.2. The van der Waals surface area contributed by atoms with Gasteiger partial charge in [-0.2, -0.15) is 0 Å². The molecule has 1 aliphatic heterocycles. The van der Waals surface area contributed by atoms with Crippen LogP contribution in [0, 0.1) is 45.3 Å². The molecule has 35 heavy (non-hydrogen) atoms. The SMILES string of the molecule is CCOC1OCCC1C1CC=C2C1(C)CCC1C3(C)C=CC(=O)C(C)(C)C3CC(OC(C)=O)C21C. The van der Waals surface area contributed by atoms with E-state index in [-0.39, 0.29) is 46.3 Å². The summed E-state index contributed by atoms with van der Waals surface area (Å²) in [5, 5.41) is 0. The molecule has 5 rings (SSSR count). The highest BCUT2D eigenvalue weighted by molar-refractivity contribution is 5.95. The lowest BCUT2D eigenvalue weighted by molar-refractivity contribution is -0.190. The Morgan fingerprint density at radius 2 is 1.89 bits per heavy atom. The van der Waals surface area contributed by atoms with Gasteiger partial charge in [-0.25, -0.2) is 0 Å². The molecule has 5 aliphatic rings. The number of hydrogen-bond acceptors (Lipinski definition) is 5. The topological polar surface area (TPSA) is 61.8 Å². The number of rotatable bonds is 4. The number of allylic oxidation sites excluding steroid dienone is 3. The summed E-state index contributed by atoms with van der Waals surface area (Å²) in [5.74, 6) is 1.27. The lowest BCUT2D eigenvalue weighted by atomic mass is 9.38. The molecule has 1 saturated heterocycles. The van der Waals surface area contributed by atoms with E-state index in [9.17, 15) is 9.59 Å². The van der Waals surface area contributed by atoms with Crippen LogP contribution >= 0.6 is 0 Å². The van der Waals surface area contributed by atoms with E-state index in [1.807, 2.05) is 13.0 Å². The Bertz CT molecular complexity index is 964. The van der Waals surface area contributed by atoms with Crippen molar-refractivity contribution in [1.82, 2.24) is 0 Å². The van der Waals surface area contributed by atoms with Crippen LogP contribution in [0.15, 0.2) is 23.8 Å². The van der Waals surface area contributed by atoms with Crippen LogP contribution in [0.4, 0.5) is 0 Å². The lowest BCUT2D eigenvalue weighted by Gasteiger charge is -2.66. The van der Waals surface area contributed by atoms with Gasteiger partial charge in [0, 0.05) is 30.3 Å². The van der Waals surface area contributed by atoms with Gasteiger partial charge in [0.2, 0.25) is 0 Å². The third kappa shape index (κ3) is 3.40. The van der Waals surface area contributed by atoms with E-state index in [4.69, 9.17) is 14.2 Å². The van der Waals surface area contributed by atoms with Gasteiger partial charge in [0.05, 0.1) is 6.61 Å². The minimum atomic E-state index is -0.470. The molecular weight excluding hydrogens is 440 g/mol. The number of ether oxygens (including phenoxy) is 3. The van der Waals surface area contributed by atoms with Gasteiger partial charge in [-0.3, -0.25) is 9.59 Å². The molecule has 0 aromatic carbocycles. The summed E-state index contributed by atoms with van der Waals surface area (Å²) in [6.07, 6.45) is 11.1. The molecule has 0 amide bonds.